The number of carbonyl (C=O) groups excluding carboxylic acids is 1. The number of benzene rings is 1. The molecule has 0 aliphatic heterocycles. The van der Waals surface area contributed by atoms with E-state index in [-0.39, 0.29) is 11.5 Å². The Balaban J connectivity index is 2.22. The SMILES string of the molecule is CCc1ccc(C(=O)Nc2cc(C(=O)O)ccc2Cl)s1. The summed E-state index contributed by atoms with van der Waals surface area (Å²) in [6.07, 6.45) is 0.868. The van der Waals surface area contributed by atoms with Crippen LogP contribution in [0.2, 0.25) is 5.02 Å². The van der Waals surface area contributed by atoms with Crippen LogP contribution >= 0.6 is 22.9 Å². The van der Waals surface area contributed by atoms with Gasteiger partial charge in [-0.15, -0.1) is 11.3 Å². The molecule has 2 N–H and O–H groups in total. The molecule has 1 aromatic carbocycles. The first-order chi connectivity index (χ1) is 9.51. The van der Waals surface area contributed by atoms with Crippen LogP contribution in [0, 0.1) is 0 Å². The third-order valence-electron chi connectivity index (χ3n) is 2.70. The second-order valence-corrected chi connectivity index (χ2v) is 5.65. The molecule has 6 heteroatoms. The van der Waals surface area contributed by atoms with Crippen molar-refractivity contribution in [3.05, 3.63) is 50.7 Å². The molecule has 0 saturated heterocycles. The summed E-state index contributed by atoms with van der Waals surface area (Å²) in [7, 11) is 0. The molecule has 0 radical (unpaired) electrons. The van der Waals surface area contributed by atoms with Crippen molar-refractivity contribution in [3.8, 4) is 0 Å². The number of hydrogen-bond acceptors (Lipinski definition) is 3. The van der Waals surface area contributed by atoms with Gasteiger partial charge in [0.05, 0.1) is 21.2 Å². The largest absolute Gasteiger partial charge is 0.478 e. The Bertz CT molecular complexity index is 666. The summed E-state index contributed by atoms with van der Waals surface area (Å²) in [5.41, 5.74) is 0.369. The van der Waals surface area contributed by atoms with Gasteiger partial charge in [0, 0.05) is 4.88 Å². The molecule has 0 bridgehead atoms. The highest BCUT2D eigenvalue weighted by Crippen LogP contribution is 2.25. The van der Waals surface area contributed by atoms with E-state index >= 15 is 0 Å². The predicted octanol–water partition coefficient (Wildman–Crippen LogP) is 3.91. The van der Waals surface area contributed by atoms with Crippen LogP contribution < -0.4 is 5.32 Å². The highest BCUT2D eigenvalue weighted by molar-refractivity contribution is 7.14. The first-order valence-corrected chi connectivity index (χ1v) is 7.13. The predicted molar refractivity (Wildman–Crippen MR) is 80.1 cm³/mol. The number of amides is 1. The Hall–Kier alpha value is -1.85. The lowest BCUT2D eigenvalue weighted by molar-refractivity contribution is 0.0696. The van der Waals surface area contributed by atoms with Crippen LogP contribution in [0.25, 0.3) is 0 Å². The summed E-state index contributed by atoms with van der Waals surface area (Å²) in [5.74, 6) is -1.36. The zero-order valence-electron chi connectivity index (χ0n) is 10.6. The van der Waals surface area contributed by atoms with Crippen molar-refractivity contribution in [1.29, 1.82) is 0 Å². The molecule has 104 valence electrons. The van der Waals surface area contributed by atoms with Gasteiger partial charge >= 0.3 is 5.97 Å². The summed E-state index contributed by atoms with van der Waals surface area (Å²) < 4.78 is 0. The first-order valence-electron chi connectivity index (χ1n) is 5.94. The van der Waals surface area contributed by atoms with Crippen molar-refractivity contribution in [1.82, 2.24) is 0 Å². The minimum absolute atomic E-state index is 0.0742. The first kappa shape index (κ1) is 14.6. The molecule has 0 atom stereocenters. The zero-order valence-corrected chi connectivity index (χ0v) is 12.2. The molecule has 20 heavy (non-hydrogen) atoms. The van der Waals surface area contributed by atoms with Gasteiger partial charge in [-0.1, -0.05) is 18.5 Å². The van der Waals surface area contributed by atoms with Crippen molar-refractivity contribution >= 4 is 40.5 Å². The summed E-state index contributed by atoms with van der Waals surface area (Å²) in [4.78, 5) is 24.7. The van der Waals surface area contributed by atoms with Crippen molar-refractivity contribution in [3.63, 3.8) is 0 Å². The lowest BCUT2D eigenvalue weighted by Gasteiger charge is -2.07. The lowest BCUT2D eigenvalue weighted by atomic mass is 10.2. The zero-order chi connectivity index (χ0) is 14.7. The molecule has 0 spiro atoms. The van der Waals surface area contributed by atoms with Gasteiger partial charge in [0.15, 0.2) is 0 Å². The average molecular weight is 310 g/mol. The van der Waals surface area contributed by atoms with E-state index in [0.717, 1.165) is 11.3 Å². The average Bonchev–Trinajstić information content (AvgIpc) is 2.89. The fraction of sp³-hybridized carbons (Fsp3) is 0.143. The van der Waals surface area contributed by atoms with E-state index in [9.17, 15) is 9.59 Å². The molecule has 1 amide bonds. The van der Waals surface area contributed by atoms with E-state index in [1.54, 1.807) is 6.07 Å². The highest BCUT2D eigenvalue weighted by atomic mass is 35.5. The molecule has 0 saturated carbocycles. The quantitative estimate of drug-likeness (QED) is 0.899. The second-order valence-electron chi connectivity index (χ2n) is 4.07. The lowest BCUT2D eigenvalue weighted by Crippen LogP contribution is -2.11. The maximum Gasteiger partial charge on any atom is 0.335 e. The van der Waals surface area contributed by atoms with Crippen LogP contribution in [0.1, 0.15) is 31.8 Å². The Morgan fingerprint density at radius 1 is 1.30 bits per heavy atom. The molecular formula is C14H12ClNO3S. The number of hydrogen-bond donors (Lipinski definition) is 2. The van der Waals surface area contributed by atoms with Crippen LogP contribution in [-0.2, 0) is 6.42 Å². The number of carboxylic acids is 1. The number of aromatic carboxylic acids is 1. The summed E-state index contributed by atoms with van der Waals surface area (Å²) >= 11 is 7.37. The van der Waals surface area contributed by atoms with E-state index in [2.05, 4.69) is 5.32 Å². The summed E-state index contributed by atoms with van der Waals surface area (Å²) in [6, 6.07) is 7.83. The number of rotatable bonds is 4. The van der Waals surface area contributed by atoms with E-state index in [0.29, 0.717) is 15.6 Å². The Morgan fingerprint density at radius 2 is 2.05 bits per heavy atom. The van der Waals surface area contributed by atoms with Crippen molar-refractivity contribution < 1.29 is 14.7 Å². The van der Waals surface area contributed by atoms with Crippen molar-refractivity contribution in [2.24, 2.45) is 0 Å². The van der Waals surface area contributed by atoms with Crippen LogP contribution in [0.15, 0.2) is 30.3 Å². The summed E-state index contributed by atoms with van der Waals surface area (Å²) in [5, 5.41) is 11.9. The molecule has 0 aliphatic carbocycles. The number of aryl methyl sites for hydroxylation is 1. The van der Waals surface area contributed by atoms with Crippen LogP contribution in [0.3, 0.4) is 0 Å². The molecule has 1 aromatic heterocycles. The van der Waals surface area contributed by atoms with Gasteiger partial charge in [0.2, 0.25) is 0 Å². The fourth-order valence-electron chi connectivity index (χ4n) is 1.63. The van der Waals surface area contributed by atoms with Gasteiger partial charge in [0.25, 0.3) is 5.91 Å². The topological polar surface area (TPSA) is 66.4 Å². The molecule has 0 unspecified atom stereocenters. The van der Waals surface area contributed by atoms with E-state index in [4.69, 9.17) is 16.7 Å². The molecule has 4 nitrogen and oxygen atoms in total. The standard InChI is InChI=1S/C14H12ClNO3S/c1-2-9-4-6-12(20-9)13(17)16-11-7-8(14(18)19)3-5-10(11)15/h3-7H,2H2,1H3,(H,16,17)(H,18,19). The number of carbonyl (C=O) groups is 2. The van der Waals surface area contributed by atoms with Gasteiger partial charge < -0.3 is 10.4 Å². The van der Waals surface area contributed by atoms with Crippen LogP contribution in [-0.4, -0.2) is 17.0 Å². The van der Waals surface area contributed by atoms with Crippen LogP contribution in [0.5, 0.6) is 0 Å². The van der Waals surface area contributed by atoms with E-state index in [1.165, 1.54) is 29.5 Å². The third-order valence-corrected chi connectivity index (χ3v) is 4.25. The van der Waals surface area contributed by atoms with E-state index in [1.807, 2.05) is 13.0 Å². The van der Waals surface area contributed by atoms with Gasteiger partial charge in [-0.05, 0) is 36.8 Å². The molecule has 2 aromatic rings. The molecule has 2 rings (SSSR count). The minimum Gasteiger partial charge on any atom is -0.478 e. The van der Waals surface area contributed by atoms with Gasteiger partial charge in [-0.2, -0.15) is 0 Å². The van der Waals surface area contributed by atoms with E-state index < -0.39 is 5.97 Å². The maximum atomic E-state index is 12.1. The number of nitrogens with one attached hydrogen (secondary N) is 1. The smallest absolute Gasteiger partial charge is 0.335 e. The molecule has 0 fully saturated rings. The minimum atomic E-state index is -1.07. The monoisotopic (exact) mass is 309 g/mol. The Morgan fingerprint density at radius 3 is 2.65 bits per heavy atom. The molecule has 1 heterocycles. The maximum absolute atomic E-state index is 12.1. The Kier molecular flexibility index (Phi) is 4.42. The highest BCUT2D eigenvalue weighted by Gasteiger charge is 2.13. The van der Waals surface area contributed by atoms with Gasteiger partial charge in [-0.3, -0.25) is 4.79 Å². The van der Waals surface area contributed by atoms with Crippen molar-refractivity contribution in [2.45, 2.75) is 13.3 Å². The van der Waals surface area contributed by atoms with Crippen LogP contribution in [0.4, 0.5) is 5.69 Å². The van der Waals surface area contributed by atoms with Crippen molar-refractivity contribution in [2.75, 3.05) is 5.32 Å². The molecule has 0 aliphatic rings. The Labute approximate surface area is 125 Å². The van der Waals surface area contributed by atoms with Gasteiger partial charge in [0.1, 0.15) is 0 Å². The second kappa shape index (κ2) is 6.07. The normalized spacial score (nSPS) is 10.3. The summed E-state index contributed by atoms with van der Waals surface area (Å²) in [6.45, 7) is 2.01. The fourth-order valence-corrected chi connectivity index (χ4v) is 2.64. The molecular weight excluding hydrogens is 298 g/mol. The third kappa shape index (κ3) is 3.18. The van der Waals surface area contributed by atoms with Gasteiger partial charge in [-0.25, -0.2) is 4.79 Å². The number of anilines is 1. The number of halogens is 1. The number of thiophene rings is 1. The number of carboxylic acid groups (broad SMARTS) is 1.